The maximum absolute atomic E-state index is 12.0. The highest BCUT2D eigenvalue weighted by Crippen LogP contribution is 2.32. The fourth-order valence-electron chi connectivity index (χ4n) is 2.24. The molecular weight excluding hydrogens is 294 g/mol. The average molecular weight is 309 g/mol. The van der Waals surface area contributed by atoms with Gasteiger partial charge in [-0.25, -0.2) is 4.98 Å². The Morgan fingerprint density at radius 1 is 1.09 bits per heavy atom. The van der Waals surface area contributed by atoms with Gasteiger partial charge in [0, 0.05) is 37.0 Å². The summed E-state index contributed by atoms with van der Waals surface area (Å²) >= 11 is 0. The molecule has 0 fully saturated rings. The van der Waals surface area contributed by atoms with Crippen molar-refractivity contribution in [1.82, 2.24) is 15.3 Å². The molecule has 0 aliphatic carbocycles. The molecule has 116 valence electrons. The Morgan fingerprint density at radius 3 is 2.65 bits per heavy atom. The molecule has 0 aliphatic rings. The van der Waals surface area contributed by atoms with Crippen LogP contribution in [0.2, 0.25) is 0 Å². The van der Waals surface area contributed by atoms with Gasteiger partial charge in [0.2, 0.25) is 5.88 Å². The van der Waals surface area contributed by atoms with Crippen molar-refractivity contribution in [2.75, 3.05) is 14.2 Å². The molecule has 0 bridgehead atoms. The first kappa shape index (κ1) is 14.8. The van der Waals surface area contributed by atoms with Crippen molar-refractivity contribution in [3.63, 3.8) is 0 Å². The SMILES string of the molecule is CNC(=O)c1cc2c(Oc3ccccn3)ccnc2cc1OC. The van der Waals surface area contributed by atoms with Gasteiger partial charge in [0.05, 0.1) is 18.2 Å². The van der Waals surface area contributed by atoms with Gasteiger partial charge in [0.25, 0.3) is 5.91 Å². The lowest BCUT2D eigenvalue weighted by atomic mass is 10.1. The highest BCUT2D eigenvalue weighted by Gasteiger charge is 2.15. The molecule has 23 heavy (non-hydrogen) atoms. The Morgan fingerprint density at radius 2 is 1.96 bits per heavy atom. The first-order valence-corrected chi connectivity index (χ1v) is 7.00. The summed E-state index contributed by atoms with van der Waals surface area (Å²) in [5.41, 5.74) is 1.09. The molecule has 0 atom stereocenters. The van der Waals surface area contributed by atoms with E-state index in [0.29, 0.717) is 33.8 Å². The summed E-state index contributed by atoms with van der Waals surface area (Å²) < 4.78 is 11.1. The minimum absolute atomic E-state index is 0.239. The minimum atomic E-state index is -0.239. The van der Waals surface area contributed by atoms with Crippen LogP contribution in [0.25, 0.3) is 10.9 Å². The predicted molar refractivity (Wildman–Crippen MR) is 86.0 cm³/mol. The molecule has 0 unspecified atom stereocenters. The third kappa shape index (κ3) is 2.91. The Bertz CT molecular complexity index is 850. The molecule has 1 N–H and O–H groups in total. The zero-order valence-corrected chi connectivity index (χ0v) is 12.7. The number of ether oxygens (including phenoxy) is 2. The highest BCUT2D eigenvalue weighted by atomic mass is 16.5. The molecule has 1 aromatic carbocycles. The average Bonchev–Trinajstić information content (AvgIpc) is 2.61. The first-order chi connectivity index (χ1) is 11.2. The molecule has 0 saturated heterocycles. The number of benzene rings is 1. The van der Waals surface area contributed by atoms with Crippen LogP contribution >= 0.6 is 0 Å². The van der Waals surface area contributed by atoms with Crippen LogP contribution in [0.15, 0.2) is 48.8 Å². The van der Waals surface area contributed by atoms with Gasteiger partial charge in [-0.1, -0.05) is 6.07 Å². The van der Waals surface area contributed by atoms with E-state index >= 15 is 0 Å². The van der Waals surface area contributed by atoms with Crippen molar-refractivity contribution in [1.29, 1.82) is 0 Å². The summed E-state index contributed by atoms with van der Waals surface area (Å²) in [6.07, 6.45) is 3.29. The number of hydrogen-bond acceptors (Lipinski definition) is 5. The van der Waals surface area contributed by atoms with Gasteiger partial charge in [-0.2, -0.15) is 0 Å². The van der Waals surface area contributed by atoms with Crippen LogP contribution < -0.4 is 14.8 Å². The summed E-state index contributed by atoms with van der Waals surface area (Å²) in [7, 11) is 3.09. The number of carbonyl (C=O) groups excluding carboxylic acids is 1. The number of hydrogen-bond donors (Lipinski definition) is 1. The molecule has 3 rings (SSSR count). The molecule has 0 saturated carbocycles. The smallest absolute Gasteiger partial charge is 0.254 e. The maximum atomic E-state index is 12.0. The fraction of sp³-hybridized carbons (Fsp3) is 0.118. The number of carbonyl (C=O) groups is 1. The normalized spacial score (nSPS) is 10.3. The maximum Gasteiger partial charge on any atom is 0.254 e. The first-order valence-electron chi connectivity index (χ1n) is 7.00. The molecule has 0 radical (unpaired) electrons. The van der Waals surface area contributed by atoms with E-state index in [1.165, 1.54) is 7.11 Å². The number of nitrogens with one attached hydrogen (secondary N) is 1. The molecule has 6 heteroatoms. The minimum Gasteiger partial charge on any atom is -0.496 e. The van der Waals surface area contributed by atoms with Gasteiger partial charge < -0.3 is 14.8 Å². The molecule has 6 nitrogen and oxygen atoms in total. The van der Waals surface area contributed by atoms with Crippen molar-refractivity contribution < 1.29 is 14.3 Å². The largest absolute Gasteiger partial charge is 0.496 e. The van der Waals surface area contributed by atoms with Gasteiger partial charge in [-0.05, 0) is 18.2 Å². The Hall–Kier alpha value is -3.15. The Labute approximate surface area is 133 Å². The van der Waals surface area contributed by atoms with Crippen LogP contribution in [0.5, 0.6) is 17.4 Å². The third-order valence-corrected chi connectivity index (χ3v) is 3.35. The fourth-order valence-corrected chi connectivity index (χ4v) is 2.24. The number of nitrogens with zero attached hydrogens (tertiary/aromatic N) is 2. The topological polar surface area (TPSA) is 73.3 Å². The molecule has 0 aliphatic heterocycles. The van der Waals surface area contributed by atoms with E-state index in [1.54, 1.807) is 43.7 Å². The second-order valence-electron chi connectivity index (χ2n) is 4.73. The zero-order chi connectivity index (χ0) is 16.2. The lowest BCUT2D eigenvalue weighted by Crippen LogP contribution is -2.18. The number of amides is 1. The van der Waals surface area contributed by atoms with E-state index < -0.39 is 0 Å². The highest BCUT2D eigenvalue weighted by molar-refractivity contribution is 6.02. The molecular formula is C17H15N3O3. The van der Waals surface area contributed by atoms with E-state index in [2.05, 4.69) is 15.3 Å². The number of rotatable bonds is 4. The van der Waals surface area contributed by atoms with Gasteiger partial charge in [0.1, 0.15) is 11.5 Å². The summed E-state index contributed by atoms with van der Waals surface area (Å²) in [5.74, 6) is 1.26. The monoisotopic (exact) mass is 309 g/mol. The molecule has 0 spiro atoms. The van der Waals surface area contributed by atoms with Crippen molar-refractivity contribution >= 4 is 16.8 Å². The van der Waals surface area contributed by atoms with Crippen LogP contribution in [0.3, 0.4) is 0 Å². The Kier molecular flexibility index (Phi) is 4.05. The standard InChI is InChI=1S/C17H15N3O3/c1-18-17(21)12-9-11-13(10-15(12)22-2)19-8-6-14(11)23-16-5-3-4-7-20-16/h3-10H,1-2H3,(H,18,21). The second kappa shape index (κ2) is 6.31. The lowest BCUT2D eigenvalue weighted by molar-refractivity contribution is 0.0960. The summed E-state index contributed by atoms with van der Waals surface area (Å²) in [4.78, 5) is 20.5. The Balaban J connectivity index is 2.14. The zero-order valence-electron chi connectivity index (χ0n) is 12.7. The summed E-state index contributed by atoms with van der Waals surface area (Å²) in [6.45, 7) is 0. The number of aromatic nitrogens is 2. The van der Waals surface area contributed by atoms with Crippen molar-refractivity contribution in [3.05, 3.63) is 54.4 Å². The van der Waals surface area contributed by atoms with E-state index in [-0.39, 0.29) is 5.91 Å². The molecule has 2 aromatic heterocycles. The molecule has 3 aromatic rings. The van der Waals surface area contributed by atoms with Crippen molar-refractivity contribution in [3.8, 4) is 17.4 Å². The van der Waals surface area contributed by atoms with Crippen LogP contribution in [-0.4, -0.2) is 30.0 Å². The summed E-state index contributed by atoms with van der Waals surface area (Å²) in [6, 6.07) is 10.6. The molecule has 2 heterocycles. The number of fused-ring (bicyclic) bond motifs is 1. The van der Waals surface area contributed by atoms with Crippen LogP contribution in [-0.2, 0) is 0 Å². The quantitative estimate of drug-likeness (QED) is 0.802. The van der Waals surface area contributed by atoms with Crippen LogP contribution in [0.4, 0.5) is 0 Å². The van der Waals surface area contributed by atoms with Crippen molar-refractivity contribution in [2.45, 2.75) is 0 Å². The lowest BCUT2D eigenvalue weighted by Gasteiger charge is -2.12. The van der Waals surface area contributed by atoms with E-state index in [4.69, 9.17) is 9.47 Å². The van der Waals surface area contributed by atoms with Crippen molar-refractivity contribution in [2.24, 2.45) is 0 Å². The van der Waals surface area contributed by atoms with E-state index in [9.17, 15) is 4.79 Å². The van der Waals surface area contributed by atoms with Crippen LogP contribution in [0.1, 0.15) is 10.4 Å². The van der Waals surface area contributed by atoms with Gasteiger partial charge in [0.15, 0.2) is 0 Å². The summed E-state index contributed by atoms with van der Waals surface area (Å²) in [5, 5.41) is 3.30. The van der Waals surface area contributed by atoms with Gasteiger partial charge >= 0.3 is 0 Å². The number of methoxy groups -OCH3 is 1. The number of pyridine rings is 2. The van der Waals surface area contributed by atoms with Crippen LogP contribution in [0, 0.1) is 0 Å². The second-order valence-corrected chi connectivity index (χ2v) is 4.73. The van der Waals surface area contributed by atoms with Gasteiger partial charge in [-0.3, -0.25) is 9.78 Å². The predicted octanol–water partition coefficient (Wildman–Crippen LogP) is 2.79. The van der Waals surface area contributed by atoms with E-state index in [1.807, 2.05) is 12.1 Å². The van der Waals surface area contributed by atoms with E-state index in [0.717, 1.165) is 0 Å². The molecule has 1 amide bonds. The third-order valence-electron chi connectivity index (χ3n) is 3.35. The van der Waals surface area contributed by atoms with Gasteiger partial charge in [-0.15, -0.1) is 0 Å².